The molecule has 1 aliphatic rings. The highest BCUT2D eigenvalue weighted by atomic mass is 35.5. The van der Waals surface area contributed by atoms with Gasteiger partial charge in [0.15, 0.2) is 0 Å². The van der Waals surface area contributed by atoms with Crippen LogP contribution in [0, 0.1) is 6.92 Å². The Balaban J connectivity index is 1.88. The number of benzene rings is 1. The fourth-order valence-electron chi connectivity index (χ4n) is 2.54. The molecule has 3 rings (SSSR count). The number of hydrogen-bond acceptors (Lipinski definition) is 3. The number of rotatable bonds is 2. The van der Waals surface area contributed by atoms with Gasteiger partial charge < -0.3 is 4.74 Å². The zero-order valence-corrected chi connectivity index (χ0v) is 11.5. The molecule has 19 heavy (non-hydrogen) atoms. The predicted molar refractivity (Wildman–Crippen MR) is 74.5 cm³/mol. The molecule has 1 aromatic heterocycles. The highest BCUT2D eigenvalue weighted by Crippen LogP contribution is 2.33. The molecular formula is C15H15ClN2O. The van der Waals surface area contributed by atoms with E-state index in [9.17, 15) is 0 Å². The van der Waals surface area contributed by atoms with Crippen molar-refractivity contribution in [2.75, 3.05) is 0 Å². The van der Waals surface area contributed by atoms with Gasteiger partial charge in [-0.05, 0) is 37.3 Å². The van der Waals surface area contributed by atoms with Gasteiger partial charge in [-0.2, -0.15) is 4.98 Å². The zero-order chi connectivity index (χ0) is 13.2. The molecule has 0 spiro atoms. The van der Waals surface area contributed by atoms with E-state index in [2.05, 4.69) is 34.2 Å². The maximum Gasteiger partial charge on any atom is 0.218 e. The van der Waals surface area contributed by atoms with Gasteiger partial charge in [0.05, 0.1) is 0 Å². The SMILES string of the molecule is Cc1nc(Cl)cc(OC2CCCc3ccccc32)n1. The average Bonchev–Trinajstić information content (AvgIpc) is 2.38. The lowest BCUT2D eigenvalue weighted by Crippen LogP contribution is -2.15. The third kappa shape index (κ3) is 2.71. The number of aromatic nitrogens is 2. The van der Waals surface area contributed by atoms with Crippen molar-refractivity contribution in [2.24, 2.45) is 0 Å². The van der Waals surface area contributed by atoms with Crippen LogP contribution in [0.3, 0.4) is 0 Å². The van der Waals surface area contributed by atoms with Crippen molar-refractivity contribution in [3.05, 3.63) is 52.4 Å². The van der Waals surface area contributed by atoms with Gasteiger partial charge in [0, 0.05) is 6.07 Å². The molecular weight excluding hydrogens is 260 g/mol. The molecule has 0 N–H and O–H groups in total. The van der Waals surface area contributed by atoms with Crippen molar-refractivity contribution in [3.8, 4) is 5.88 Å². The van der Waals surface area contributed by atoms with Gasteiger partial charge in [0.25, 0.3) is 0 Å². The number of ether oxygens (including phenoxy) is 1. The number of halogens is 1. The second-order valence-corrected chi connectivity index (χ2v) is 5.16. The van der Waals surface area contributed by atoms with Gasteiger partial charge in [0.2, 0.25) is 5.88 Å². The third-order valence-corrected chi connectivity index (χ3v) is 3.55. The van der Waals surface area contributed by atoms with Crippen LogP contribution in [0.2, 0.25) is 5.15 Å². The van der Waals surface area contributed by atoms with Crippen LogP contribution >= 0.6 is 11.6 Å². The normalized spacial score (nSPS) is 17.9. The molecule has 2 aromatic rings. The van der Waals surface area contributed by atoms with Gasteiger partial charge in [-0.3, -0.25) is 0 Å². The number of nitrogens with zero attached hydrogens (tertiary/aromatic N) is 2. The van der Waals surface area contributed by atoms with Crippen LogP contribution in [-0.4, -0.2) is 9.97 Å². The average molecular weight is 275 g/mol. The summed E-state index contributed by atoms with van der Waals surface area (Å²) in [6, 6.07) is 10.1. The summed E-state index contributed by atoms with van der Waals surface area (Å²) in [5.41, 5.74) is 2.64. The lowest BCUT2D eigenvalue weighted by Gasteiger charge is -2.25. The molecule has 0 radical (unpaired) electrons. The van der Waals surface area contributed by atoms with Gasteiger partial charge >= 0.3 is 0 Å². The molecule has 0 saturated heterocycles. The Morgan fingerprint density at radius 1 is 1.26 bits per heavy atom. The lowest BCUT2D eigenvalue weighted by molar-refractivity contribution is 0.175. The van der Waals surface area contributed by atoms with Crippen molar-refractivity contribution in [1.82, 2.24) is 9.97 Å². The van der Waals surface area contributed by atoms with E-state index in [1.54, 1.807) is 6.07 Å². The molecule has 1 unspecified atom stereocenters. The molecule has 3 nitrogen and oxygen atoms in total. The maximum atomic E-state index is 6.01. The van der Waals surface area contributed by atoms with Crippen LogP contribution in [0.5, 0.6) is 5.88 Å². The van der Waals surface area contributed by atoms with E-state index in [0.717, 1.165) is 19.3 Å². The first-order chi connectivity index (χ1) is 9.22. The summed E-state index contributed by atoms with van der Waals surface area (Å²) >= 11 is 5.94. The summed E-state index contributed by atoms with van der Waals surface area (Å²) in [5, 5.41) is 0.423. The van der Waals surface area contributed by atoms with Crippen LogP contribution in [0.25, 0.3) is 0 Å². The first-order valence-electron chi connectivity index (χ1n) is 6.48. The van der Waals surface area contributed by atoms with E-state index in [1.807, 2.05) is 6.92 Å². The minimum Gasteiger partial charge on any atom is -0.469 e. The quantitative estimate of drug-likeness (QED) is 0.779. The second kappa shape index (κ2) is 5.17. The van der Waals surface area contributed by atoms with Crippen molar-refractivity contribution >= 4 is 11.6 Å². The van der Waals surface area contributed by atoms with Crippen molar-refractivity contribution in [3.63, 3.8) is 0 Å². The minimum atomic E-state index is 0.0651. The predicted octanol–water partition coefficient (Wildman–Crippen LogP) is 3.89. The Bertz CT molecular complexity index is 580. The van der Waals surface area contributed by atoms with Crippen molar-refractivity contribution in [1.29, 1.82) is 0 Å². The van der Waals surface area contributed by atoms with Crippen LogP contribution < -0.4 is 4.74 Å². The van der Waals surface area contributed by atoms with E-state index < -0.39 is 0 Å². The summed E-state index contributed by atoms with van der Waals surface area (Å²) in [5.74, 6) is 1.19. The molecule has 1 aliphatic carbocycles. The standard InChI is InChI=1S/C15H15ClN2O/c1-10-17-14(16)9-15(18-10)19-13-8-4-6-11-5-2-3-7-12(11)13/h2-3,5,7,9,13H,4,6,8H2,1H3. The first-order valence-corrected chi connectivity index (χ1v) is 6.86. The Labute approximate surface area is 117 Å². The summed E-state index contributed by atoms with van der Waals surface area (Å²) in [6.45, 7) is 1.81. The molecule has 0 saturated carbocycles. The van der Waals surface area contributed by atoms with Crippen LogP contribution in [-0.2, 0) is 6.42 Å². The summed E-state index contributed by atoms with van der Waals surface area (Å²) < 4.78 is 6.01. The first kappa shape index (κ1) is 12.4. The van der Waals surface area contributed by atoms with Gasteiger partial charge in [-0.25, -0.2) is 4.98 Å². The number of hydrogen-bond donors (Lipinski definition) is 0. The van der Waals surface area contributed by atoms with E-state index >= 15 is 0 Å². The van der Waals surface area contributed by atoms with E-state index in [0.29, 0.717) is 16.9 Å². The van der Waals surface area contributed by atoms with E-state index in [-0.39, 0.29) is 6.10 Å². The molecule has 0 fully saturated rings. The number of fused-ring (bicyclic) bond motifs is 1. The molecule has 4 heteroatoms. The minimum absolute atomic E-state index is 0.0651. The highest BCUT2D eigenvalue weighted by molar-refractivity contribution is 6.29. The van der Waals surface area contributed by atoms with Crippen molar-refractivity contribution in [2.45, 2.75) is 32.3 Å². The molecule has 0 bridgehead atoms. The third-order valence-electron chi connectivity index (χ3n) is 3.36. The van der Waals surface area contributed by atoms with Gasteiger partial charge in [-0.15, -0.1) is 0 Å². The van der Waals surface area contributed by atoms with Crippen molar-refractivity contribution < 1.29 is 4.74 Å². The Hall–Kier alpha value is -1.61. The van der Waals surface area contributed by atoms with Crippen LogP contribution in [0.15, 0.2) is 30.3 Å². The Morgan fingerprint density at radius 3 is 2.95 bits per heavy atom. The lowest BCUT2D eigenvalue weighted by atomic mass is 9.89. The van der Waals surface area contributed by atoms with Crippen LogP contribution in [0.1, 0.15) is 35.9 Å². The van der Waals surface area contributed by atoms with E-state index in [4.69, 9.17) is 16.3 Å². The van der Waals surface area contributed by atoms with Gasteiger partial charge in [0.1, 0.15) is 17.1 Å². The smallest absolute Gasteiger partial charge is 0.218 e. The summed E-state index contributed by atoms with van der Waals surface area (Å²) in [6.07, 6.45) is 3.34. The molecule has 98 valence electrons. The Kier molecular flexibility index (Phi) is 3.38. The van der Waals surface area contributed by atoms with E-state index in [1.165, 1.54) is 11.1 Å². The second-order valence-electron chi connectivity index (χ2n) is 4.77. The summed E-state index contributed by atoms with van der Waals surface area (Å²) in [7, 11) is 0. The fraction of sp³-hybridized carbons (Fsp3) is 0.333. The molecule has 1 atom stereocenters. The maximum absolute atomic E-state index is 6.01. The molecule has 0 aliphatic heterocycles. The largest absolute Gasteiger partial charge is 0.469 e. The Morgan fingerprint density at radius 2 is 2.11 bits per heavy atom. The topological polar surface area (TPSA) is 35.0 Å². The number of aryl methyl sites for hydroxylation is 2. The molecule has 0 amide bonds. The summed E-state index contributed by atoms with van der Waals surface area (Å²) in [4.78, 5) is 8.33. The van der Waals surface area contributed by atoms with Crippen LogP contribution in [0.4, 0.5) is 0 Å². The zero-order valence-electron chi connectivity index (χ0n) is 10.8. The fourth-order valence-corrected chi connectivity index (χ4v) is 2.76. The molecule has 1 heterocycles. The highest BCUT2D eigenvalue weighted by Gasteiger charge is 2.21. The molecule has 1 aromatic carbocycles. The monoisotopic (exact) mass is 274 g/mol. The van der Waals surface area contributed by atoms with Gasteiger partial charge in [-0.1, -0.05) is 35.9 Å².